The summed E-state index contributed by atoms with van der Waals surface area (Å²) in [6.07, 6.45) is 10.0. The van der Waals surface area contributed by atoms with Crippen LogP contribution >= 0.6 is 0 Å². The molecular formula is C20H36O4. The van der Waals surface area contributed by atoms with Crippen LogP contribution < -0.4 is 0 Å². The predicted molar refractivity (Wildman–Crippen MR) is 95.6 cm³/mol. The first-order valence-corrected chi connectivity index (χ1v) is 9.88. The number of rotatable bonds is 11. The fraction of sp³-hybridized carbons (Fsp3) is 0.900. The van der Waals surface area contributed by atoms with Crippen LogP contribution in [0.2, 0.25) is 0 Å². The van der Waals surface area contributed by atoms with Gasteiger partial charge < -0.3 is 9.47 Å². The second-order valence-corrected chi connectivity index (χ2v) is 7.44. The van der Waals surface area contributed by atoms with Gasteiger partial charge in [0.2, 0.25) is 0 Å². The molecule has 1 saturated carbocycles. The smallest absolute Gasteiger partial charge is 0.306 e. The third kappa shape index (κ3) is 9.29. The molecule has 0 aromatic carbocycles. The molecule has 1 aliphatic carbocycles. The van der Waals surface area contributed by atoms with E-state index in [9.17, 15) is 9.59 Å². The highest BCUT2D eigenvalue weighted by Crippen LogP contribution is 2.29. The van der Waals surface area contributed by atoms with E-state index < -0.39 is 0 Å². The molecule has 2 unspecified atom stereocenters. The van der Waals surface area contributed by atoms with Gasteiger partial charge in [0.1, 0.15) is 6.10 Å². The van der Waals surface area contributed by atoms with E-state index in [1.807, 2.05) is 0 Å². The largest absolute Gasteiger partial charge is 0.466 e. The van der Waals surface area contributed by atoms with Crippen LogP contribution in [0.15, 0.2) is 0 Å². The minimum absolute atomic E-state index is 0.106. The van der Waals surface area contributed by atoms with Gasteiger partial charge >= 0.3 is 11.9 Å². The van der Waals surface area contributed by atoms with Gasteiger partial charge in [-0.3, -0.25) is 9.59 Å². The zero-order valence-corrected chi connectivity index (χ0v) is 15.9. The molecule has 0 radical (unpaired) electrons. The van der Waals surface area contributed by atoms with Crippen molar-refractivity contribution in [3.63, 3.8) is 0 Å². The van der Waals surface area contributed by atoms with Gasteiger partial charge in [-0.2, -0.15) is 0 Å². The molecule has 4 heteroatoms. The lowest BCUT2D eigenvalue weighted by molar-refractivity contribution is -0.154. The van der Waals surface area contributed by atoms with Crippen molar-refractivity contribution in [3.05, 3.63) is 0 Å². The van der Waals surface area contributed by atoms with Crippen LogP contribution in [-0.2, 0) is 19.1 Å². The number of esters is 2. The van der Waals surface area contributed by atoms with Crippen molar-refractivity contribution in [1.82, 2.24) is 0 Å². The van der Waals surface area contributed by atoms with Crippen molar-refractivity contribution in [2.75, 3.05) is 6.61 Å². The number of hydrogen-bond donors (Lipinski definition) is 0. The van der Waals surface area contributed by atoms with E-state index in [4.69, 9.17) is 9.47 Å². The molecule has 1 aliphatic rings. The van der Waals surface area contributed by atoms with E-state index in [2.05, 4.69) is 20.8 Å². The molecule has 0 bridgehead atoms. The monoisotopic (exact) mass is 340 g/mol. The zero-order chi connectivity index (χ0) is 17.8. The van der Waals surface area contributed by atoms with E-state index in [1.54, 1.807) is 0 Å². The van der Waals surface area contributed by atoms with Crippen molar-refractivity contribution in [2.45, 2.75) is 97.5 Å². The summed E-state index contributed by atoms with van der Waals surface area (Å²) in [6, 6.07) is 0. The zero-order valence-electron chi connectivity index (χ0n) is 15.9. The van der Waals surface area contributed by atoms with Crippen LogP contribution in [0.4, 0.5) is 0 Å². The highest BCUT2D eigenvalue weighted by molar-refractivity contribution is 5.70. The van der Waals surface area contributed by atoms with E-state index in [-0.39, 0.29) is 18.0 Å². The van der Waals surface area contributed by atoms with Gasteiger partial charge in [0.05, 0.1) is 6.61 Å². The molecule has 0 aromatic heterocycles. The quantitative estimate of drug-likeness (QED) is 0.390. The molecular weight excluding hydrogens is 304 g/mol. The summed E-state index contributed by atoms with van der Waals surface area (Å²) in [4.78, 5) is 23.5. The third-order valence-corrected chi connectivity index (χ3v) is 4.85. The highest BCUT2D eigenvalue weighted by Gasteiger charge is 2.26. The fourth-order valence-corrected chi connectivity index (χ4v) is 3.31. The number of unbranched alkanes of at least 4 members (excludes halogenated alkanes) is 1. The van der Waals surface area contributed by atoms with Crippen molar-refractivity contribution >= 4 is 11.9 Å². The molecule has 0 aliphatic heterocycles. The van der Waals surface area contributed by atoms with Crippen LogP contribution in [-0.4, -0.2) is 24.6 Å². The van der Waals surface area contributed by atoms with Gasteiger partial charge in [-0.1, -0.05) is 27.2 Å². The topological polar surface area (TPSA) is 52.6 Å². The summed E-state index contributed by atoms with van der Waals surface area (Å²) in [5, 5.41) is 0. The SMILES string of the molecule is CCC1CCCCC1OC(=O)CCCCC(=O)OCCCC(C)C. The van der Waals surface area contributed by atoms with Crippen LogP contribution in [0.3, 0.4) is 0 Å². The van der Waals surface area contributed by atoms with Gasteiger partial charge in [-0.05, 0) is 63.2 Å². The summed E-state index contributed by atoms with van der Waals surface area (Å²) in [5.41, 5.74) is 0. The highest BCUT2D eigenvalue weighted by atomic mass is 16.5. The summed E-state index contributed by atoms with van der Waals surface area (Å²) in [5.74, 6) is 0.922. The van der Waals surface area contributed by atoms with Gasteiger partial charge in [0, 0.05) is 12.8 Å². The molecule has 0 amide bonds. The van der Waals surface area contributed by atoms with Crippen LogP contribution in [0.25, 0.3) is 0 Å². The summed E-state index contributed by atoms with van der Waals surface area (Å²) in [6.45, 7) is 7.01. The Kier molecular flexibility index (Phi) is 10.8. The van der Waals surface area contributed by atoms with E-state index in [1.165, 1.54) is 12.8 Å². The number of carbonyl (C=O) groups excluding carboxylic acids is 2. The normalized spacial score (nSPS) is 20.8. The Morgan fingerprint density at radius 3 is 2.33 bits per heavy atom. The lowest BCUT2D eigenvalue weighted by Crippen LogP contribution is -2.29. The predicted octanol–water partition coefficient (Wildman–Crippen LogP) is 5.04. The van der Waals surface area contributed by atoms with Crippen LogP contribution in [0, 0.1) is 11.8 Å². The lowest BCUT2D eigenvalue weighted by Gasteiger charge is -2.30. The molecule has 0 saturated heterocycles. The Morgan fingerprint density at radius 1 is 1.00 bits per heavy atom. The molecule has 24 heavy (non-hydrogen) atoms. The second kappa shape index (κ2) is 12.3. The maximum Gasteiger partial charge on any atom is 0.306 e. The Labute approximate surface area is 147 Å². The first-order valence-electron chi connectivity index (χ1n) is 9.88. The van der Waals surface area contributed by atoms with E-state index >= 15 is 0 Å². The Balaban J connectivity index is 2.05. The van der Waals surface area contributed by atoms with Crippen molar-refractivity contribution in [1.29, 1.82) is 0 Å². The first kappa shape index (κ1) is 21.0. The second-order valence-electron chi connectivity index (χ2n) is 7.44. The minimum Gasteiger partial charge on any atom is -0.466 e. The molecule has 0 aromatic rings. The van der Waals surface area contributed by atoms with Crippen molar-refractivity contribution in [2.24, 2.45) is 11.8 Å². The fourth-order valence-electron chi connectivity index (χ4n) is 3.31. The summed E-state index contributed by atoms with van der Waals surface area (Å²) < 4.78 is 10.8. The van der Waals surface area contributed by atoms with Gasteiger partial charge in [0.25, 0.3) is 0 Å². The standard InChI is InChI=1S/C20H36O4/c1-4-17-11-5-6-12-18(17)24-20(22)14-8-7-13-19(21)23-15-9-10-16(2)3/h16-18H,4-15H2,1-3H3. The molecule has 0 heterocycles. The maximum atomic E-state index is 12.0. The molecule has 4 nitrogen and oxygen atoms in total. The molecule has 0 spiro atoms. The van der Waals surface area contributed by atoms with E-state index in [0.717, 1.165) is 32.1 Å². The van der Waals surface area contributed by atoms with Gasteiger partial charge in [0.15, 0.2) is 0 Å². The Morgan fingerprint density at radius 2 is 1.67 bits per heavy atom. The third-order valence-electron chi connectivity index (χ3n) is 4.85. The minimum atomic E-state index is -0.148. The molecule has 140 valence electrons. The lowest BCUT2D eigenvalue weighted by atomic mass is 9.85. The van der Waals surface area contributed by atoms with Gasteiger partial charge in [-0.25, -0.2) is 0 Å². The average Bonchev–Trinajstić information content (AvgIpc) is 2.56. The van der Waals surface area contributed by atoms with Crippen molar-refractivity contribution in [3.8, 4) is 0 Å². The van der Waals surface area contributed by atoms with Crippen molar-refractivity contribution < 1.29 is 19.1 Å². The van der Waals surface area contributed by atoms with E-state index in [0.29, 0.717) is 44.1 Å². The molecule has 0 N–H and O–H groups in total. The number of ether oxygens (including phenoxy) is 2. The number of carbonyl (C=O) groups is 2. The molecule has 2 atom stereocenters. The number of hydrogen-bond acceptors (Lipinski definition) is 4. The summed E-state index contributed by atoms with van der Waals surface area (Å²) in [7, 11) is 0. The van der Waals surface area contributed by atoms with Crippen LogP contribution in [0.1, 0.15) is 91.4 Å². The first-order chi connectivity index (χ1) is 11.5. The maximum absolute atomic E-state index is 12.0. The average molecular weight is 341 g/mol. The molecule has 1 rings (SSSR count). The Hall–Kier alpha value is -1.06. The molecule has 1 fully saturated rings. The van der Waals surface area contributed by atoms with Gasteiger partial charge in [-0.15, -0.1) is 0 Å². The van der Waals surface area contributed by atoms with Crippen LogP contribution in [0.5, 0.6) is 0 Å². The Bertz CT molecular complexity index is 365. The summed E-state index contributed by atoms with van der Waals surface area (Å²) >= 11 is 0.